The minimum Gasteiger partial charge on any atom is -0.308 e. The van der Waals surface area contributed by atoms with Crippen LogP contribution < -0.4 is 5.32 Å². The molecule has 4 nitrogen and oxygen atoms in total. The summed E-state index contributed by atoms with van der Waals surface area (Å²) in [5.41, 5.74) is 0.977. The molecule has 0 bridgehead atoms. The van der Waals surface area contributed by atoms with Gasteiger partial charge in [0.2, 0.25) is 0 Å². The van der Waals surface area contributed by atoms with E-state index in [9.17, 15) is 4.79 Å². The van der Waals surface area contributed by atoms with E-state index >= 15 is 0 Å². The molecule has 2 amide bonds. The molecule has 1 aromatic rings. The van der Waals surface area contributed by atoms with Crippen LogP contribution in [-0.4, -0.2) is 29.1 Å². The summed E-state index contributed by atoms with van der Waals surface area (Å²) in [6.07, 6.45) is 2.03. The van der Waals surface area contributed by atoms with E-state index in [2.05, 4.69) is 5.32 Å². The molecular formula is C13H17N3OS. The Morgan fingerprint density at radius 1 is 1.33 bits per heavy atom. The molecule has 1 heterocycles. The highest BCUT2D eigenvalue weighted by Crippen LogP contribution is 2.29. The number of carbonyl (C=O) groups is 1. The van der Waals surface area contributed by atoms with E-state index in [1.165, 1.54) is 4.90 Å². The Labute approximate surface area is 111 Å². The van der Waals surface area contributed by atoms with E-state index in [1.807, 2.05) is 44.4 Å². The van der Waals surface area contributed by atoms with Gasteiger partial charge >= 0.3 is 6.03 Å². The number of hydrogen-bond acceptors (Lipinski definition) is 3. The first-order valence-electron chi connectivity index (χ1n) is 5.86. The van der Waals surface area contributed by atoms with Crippen LogP contribution in [0.1, 0.15) is 25.5 Å². The number of amides is 2. The zero-order valence-electron chi connectivity index (χ0n) is 10.7. The van der Waals surface area contributed by atoms with E-state index < -0.39 is 0 Å². The Morgan fingerprint density at radius 2 is 1.94 bits per heavy atom. The molecule has 0 aliphatic carbocycles. The number of carbonyl (C=O) groups excluding carboxylic acids is 1. The van der Waals surface area contributed by atoms with Crippen molar-refractivity contribution in [2.75, 3.05) is 6.26 Å². The topological polar surface area (TPSA) is 56.2 Å². The zero-order valence-corrected chi connectivity index (χ0v) is 11.5. The predicted molar refractivity (Wildman–Crippen MR) is 74.2 cm³/mol. The second-order valence-electron chi connectivity index (χ2n) is 4.52. The number of nitrogens with one attached hydrogen (secondary N) is 2. The molecule has 5 heteroatoms. The van der Waals surface area contributed by atoms with Crippen LogP contribution >= 0.6 is 11.8 Å². The summed E-state index contributed by atoms with van der Waals surface area (Å²) in [4.78, 5) is 14.7. The third-order valence-corrected chi connectivity index (χ3v) is 3.76. The minimum atomic E-state index is -0.284. The van der Waals surface area contributed by atoms with Crippen molar-refractivity contribution in [3.63, 3.8) is 0 Å². The highest BCUT2D eigenvalue weighted by atomic mass is 32.2. The van der Waals surface area contributed by atoms with Gasteiger partial charge in [-0.15, -0.1) is 11.8 Å². The molecule has 1 aliphatic heterocycles. The number of nitrogens with zero attached hydrogens (tertiary/aromatic N) is 1. The highest BCUT2D eigenvalue weighted by Gasteiger charge is 2.38. The van der Waals surface area contributed by atoms with Crippen molar-refractivity contribution in [2.24, 2.45) is 0 Å². The number of urea groups is 1. The Morgan fingerprint density at radius 3 is 2.44 bits per heavy atom. The van der Waals surface area contributed by atoms with Crippen LogP contribution in [0, 0.1) is 5.41 Å². The van der Waals surface area contributed by atoms with Crippen LogP contribution in [0.2, 0.25) is 0 Å². The van der Waals surface area contributed by atoms with Crippen molar-refractivity contribution >= 4 is 23.6 Å². The normalized spacial score (nSPS) is 19.6. The van der Waals surface area contributed by atoms with Gasteiger partial charge in [0.15, 0.2) is 0 Å². The molecule has 18 heavy (non-hydrogen) atoms. The summed E-state index contributed by atoms with van der Waals surface area (Å²) in [5.74, 6) is 0.255. The maximum Gasteiger partial charge on any atom is 0.323 e. The second-order valence-corrected chi connectivity index (χ2v) is 5.40. The van der Waals surface area contributed by atoms with Crippen molar-refractivity contribution in [2.45, 2.75) is 30.8 Å². The van der Waals surface area contributed by atoms with Gasteiger partial charge in [0.05, 0.1) is 0 Å². The van der Waals surface area contributed by atoms with Crippen LogP contribution in [0.25, 0.3) is 0 Å². The molecule has 1 fully saturated rings. The summed E-state index contributed by atoms with van der Waals surface area (Å²) in [7, 11) is 0. The first-order chi connectivity index (χ1) is 8.54. The number of amidine groups is 1. The molecule has 1 aliphatic rings. The van der Waals surface area contributed by atoms with Gasteiger partial charge in [-0.05, 0) is 37.8 Å². The molecule has 2 N–H and O–H groups in total. The molecule has 0 spiro atoms. The quantitative estimate of drug-likeness (QED) is 0.824. The van der Waals surface area contributed by atoms with Gasteiger partial charge in [-0.25, -0.2) is 4.79 Å². The van der Waals surface area contributed by atoms with Gasteiger partial charge in [0, 0.05) is 10.9 Å². The fourth-order valence-electron chi connectivity index (χ4n) is 2.15. The number of hydrogen-bond donors (Lipinski definition) is 2. The van der Waals surface area contributed by atoms with Crippen molar-refractivity contribution in [3.05, 3.63) is 29.8 Å². The maximum atomic E-state index is 11.8. The lowest BCUT2D eigenvalue weighted by Crippen LogP contribution is -2.35. The van der Waals surface area contributed by atoms with Crippen LogP contribution in [0.4, 0.5) is 4.79 Å². The Bertz CT molecular complexity index is 470. The second kappa shape index (κ2) is 5.02. The van der Waals surface area contributed by atoms with Crippen LogP contribution in [0.3, 0.4) is 0 Å². The summed E-state index contributed by atoms with van der Waals surface area (Å²) < 4.78 is 0. The molecule has 0 saturated carbocycles. The number of thioether (sulfide) groups is 1. The Balaban J connectivity index is 2.34. The summed E-state index contributed by atoms with van der Waals surface area (Å²) in [6.45, 7) is 3.92. The molecule has 1 aromatic carbocycles. The largest absolute Gasteiger partial charge is 0.323 e. The number of rotatable bonds is 3. The average molecular weight is 263 g/mol. The van der Waals surface area contributed by atoms with Crippen molar-refractivity contribution in [3.8, 4) is 0 Å². The lowest BCUT2D eigenvalue weighted by atomic mass is 10.0. The molecule has 96 valence electrons. The fourth-order valence-corrected chi connectivity index (χ4v) is 2.56. The fraction of sp³-hybridized carbons (Fsp3) is 0.385. The van der Waals surface area contributed by atoms with Gasteiger partial charge in [0.1, 0.15) is 11.9 Å². The molecular weight excluding hydrogens is 246 g/mol. The lowest BCUT2D eigenvalue weighted by Gasteiger charge is -2.26. The minimum absolute atomic E-state index is 0.0677. The van der Waals surface area contributed by atoms with Crippen molar-refractivity contribution in [1.29, 1.82) is 5.41 Å². The zero-order chi connectivity index (χ0) is 13.3. The molecule has 1 unspecified atom stereocenters. The smallest absolute Gasteiger partial charge is 0.308 e. The van der Waals surface area contributed by atoms with E-state index in [0.29, 0.717) is 0 Å². The van der Waals surface area contributed by atoms with Gasteiger partial charge in [-0.3, -0.25) is 10.7 Å². The van der Waals surface area contributed by atoms with Crippen LogP contribution in [0.15, 0.2) is 29.2 Å². The Kier molecular flexibility index (Phi) is 3.61. The first-order valence-corrected chi connectivity index (χ1v) is 7.08. The molecule has 0 aromatic heterocycles. The third kappa shape index (κ3) is 2.22. The van der Waals surface area contributed by atoms with Crippen molar-refractivity contribution in [1.82, 2.24) is 10.2 Å². The van der Waals surface area contributed by atoms with Crippen LogP contribution in [-0.2, 0) is 0 Å². The van der Waals surface area contributed by atoms with Crippen LogP contribution in [0.5, 0.6) is 0 Å². The van der Waals surface area contributed by atoms with E-state index in [1.54, 1.807) is 16.7 Å². The van der Waals surface area contributed by atoms with Crippen molar-refractivity contribution < 1.29 is 4.79 Å². The monoisotopic (exact) mass is 263 g/mol. The van der Waals surface area contributed by atoms with E-state index in [-0.39, 0.29) is 24.0 Å². The summed E-state index contributed by atoms with van der Waals surface area (Å²) in [6, 6.07) is 7.62. The number of benzene rings is 1. The molecule has 0 radical (unpaired) electrons. The van der Waals surface area contributed by atoms with Gasteiger partial charge in [-0.1, -0.05) is 12.1 Å². The third-order valence-electron chi connectivity index (χ3n) is 3.02. The van der Waals surface area contributed by atoms with Gasteiger partial charge in [-0.2, -0.15) is 0 Å². The average Bonchev–Trinajstić information content (AvgIpc) is 2.64. The standard InChI is InChI=1S/C13H17N3OS/c1-8(2)16-11(12(14)15-13(16)17)9-4-6-10(18-3)7-5-9/h4-8,11H,1-3H3,(H2,14,15,17). The predicted octanol–water partition coefficient (Wildman–Crippen LogP) is 2.86. The molecule has 1 saturated heterocycles. The molecule has 2 rings (SSSR count). The van der Waals surface area contributed by atoms with E-state index in [4.69, 9.17) is 5.41 Å². The summed E-state index contributed by atoms with van der Waals surface area (Å²) in [5, 5.41) is 10.5. The molecule has 1 atom stereocenters. The van der Waals surface area contributed by atoms with Gasteiger partial charge in [0.25, 0.3) is 0 Å². The van der Waals surface area contributed by atoms with Gasteiger partial charge < -0.3 is 4.90 Å². The maximum absolute atomic E-state index is 11.8. The van der Waals surface area contributed by atoms with E-state index in [0.717, 1.165) is 5.56 Å². The summed E-state index contributed by atoms with van der Waals surface area (Å²) >= 11 is 1.68. The highest BCUT2D eigenvalue weighted by molar-refractivity contribution is 7.98. The SMILES string of the molecule is CSc1ccc(C2C(=N)NC(=O)N2C(C)C)cc1. The first kappa shape index (κ1) is 13.0. The lowest BCUT2D eigenvalue weighted by molar-refractivity contribution is 0.190. The Hall–Kier alpha value is -1.49.